The molecule has 8 heteroatoms. The van der Waals surface area contributed by atoms with Gasteiger partial charge in [-0.3, -0.25) is 19.7 Å². The summed E-state index contributed by atoms with van der Waals surface area (Å²) in [5.41, 5.74) is 0.193. The number of carboxylic acids is 1. The third-order valence-corrected chi connectivity index (χ3v) is 2.66. The number of aliphatic carboxylic acids is 1. The van der Waals surface area contributed by atoms with E-state index in [-0.39, 0.29) is 12.2 Å². The van der Waals surface area contributed by atoms with E-state index >= 15 is 0 Å². The maximum Gasteiger partial charge on any atom is 0.323 e. The van der Waals surface area contributed by atoms with Crippen molar-refractivity contribution in [2.24, 2.45) is 0 Å². The second-order valence-electron chi connectivity index (χ2n) is 4.25. The average Bonchev–Trinajstić information content (AvgIpc) is 2.37. The first-order chi connectivity index (χ1) is 9.32. The molecule has 1 aromatic rings. The molecule has 0 bridgehead atoms. The molecule has 1 rings (SSSR count). The molecule has 0 heterocycles. The van der Waals surface area contributed by atoms with E-state index in [1.165, 1.54) is 37.2 Å². The fraction of sp³-hybridized carbons (Fsp3) is 0.333. The smallest absolute Gasteiger partial charge is 0.323 e. The summed E-state index contributed by atoms with van der Waals surface area (Å²) in [6.07, 6.45) is 0. The number of carbonyl (C=O) groups is 2. The summed E-state index contributed by atoms with van der Waals surface area (Å²) in [6, 6.07) is 6.04. The average molecular weight is 281 g/mol. The number of amides is 1. The maximum absolute atomic E-state index is 11.8. The molecule has 0 aliphatic carbocycles. The quantitative estimate of drug-likeness (QED) is 0.604. The van der Waals surface area contributed by atoms with E-state index in [2.05, 4.69) is 0 Å². The number of nitro groups is 1. The predicted molar refractivity (Wildman–Crippen MR) is 71.6 cm³/mol. The lowest BCUT2D eigenvalue weighted by Crippen LogP contribution is -2.39. The zero-order valence-electron chi connectivity index (χ0n) is 11.1. The Morgan fingerprint density at radius 2 is 1.85 bits per heavy atom. The first-order valence-corrected chi connectivity index (χ1v) is 5.73. The summed E-state index contributed by atoms with van der Waals surface area (Å²) in [5, 5.41) is 19.5. The van der Waals surface area contributed by atoms with Gasteiger partial charge < -0.3 is 14.9 Å². The van der Waals surface area contributed by atoms with Gasteiger partial charge in [-0.1, -0.05) is 12.1 Å². The Hall–Kier alpha value is -2.64. The Morgan fingerprint density at radius 1 is 1.25 bits per heavy atom. The van der Waals surface area contributed by atoms with E-state index in [1.54, 1.807) is 6.07 Å². The number of rotatable bonds is 6. The third-order valence-electron chi connectivity index (χ3n) is 2.66. The van der Waals surface area contributed by atoms with Crippen LogP contribution in [0.2, 0.25) is 0 Å². The number of nitrogens with zero attached hydrogens (tertiary/aromatic N) is 3. The molecule has 0 saturated carbocycles. The van der Waals surface area contributed by atoms with Crippen LogP contribution in [0.1, 0.15) is 0 Å². The molecule has 1 N–H and O–H groups in total. The monoisotopic (exact) mass is 281 g/mol. The van der Waals surface area contributed by atoms with Crippen LogP contribution in [0.25, 0.3) is 0 Å². The van der Waals surface area contributed by atoms with Crippen LogP contribution in [0, 0.1) is 10.1 Å². The topological polar surface area (TPSA) is 104 Å². The molecule has 0 unspecified atom stereocenters. The van der Waals surface area contributed by atoms with Crippen molar-refractivity contribution in [3.63, 3.8) is 0 Å². The lowest BCUT2D eigenvalue weighted by Gasteiger charge is -2.22. The third kappa shape index (κ3) is 3.94. The van der Waals surface area contributed by atoms with Gasteiger partial charge in [0.1, 0.15) is 12.2 Å². The Morgan fingerprint density at radius 3 is 2.40 bits per heavy atom. The van der Waals surface area contributed by atoms with E-state index in [9.17, 15) is 19.7 Å². The van der Waals surface area contributed by atoms with E-state index in [0.717, 1.165) is 4.90 Å². The summed E-state index contributed by atoms with van der Waals surface area (Å²) in [7, 11) is 2.90. The number of hydrogen-bond donors (Lipinski definition) is 1. The minimum atomic E-state index is -1.12. The second kappa shape index (κ2) is 6.50. The Labute approximate surface area is 115 Å². The van der Waals surface area contributed by atoms with Crippen molar-refractivity contribution < 1.29 is 19.6 Å². The lowest BCUT2D eigenvalue weighted by molar-refractivity contribution is -0.384. The molecule has 1 aromatic carbocycles. The van der Waals surface area contributed by atoms with E-state index in [4.69, 9.17) is 5.11 Å². The first kappa shape index (κ1) is 15.4. The largest absolute Gasteiger partial charge is 0.480 e. The number of anilines is 1. The summed E-state index contributed by atoms with van der Waals surface area (Å²) < 4.78 is 0. The Kier molecular flexibility index (Phi) is 5.01. The number of benzene rings is 1. The van der Waals surface area contributed by atoms with E-state index < -0.39 is 23.3 Å². The van der Waals surface area contributed by atoms with Crippen molar-refractivity contribution in [2.75, 3.05) is 32.1 Å². The molecule has 108 valence electrons. The van der Waals surface area contributed by atoms with Crippen LogP contribution < -0.4 is 4.90 Å². The first-order valence-electron chi connectivity index (χ1n) is 5.73. The molecule has 0 fully saturated rings. The van der Waals surface area contributed by atoms with Crippen LogP contribution in [0.3, 0.4) is 0 Å². The van der Waals surface area contributed by atoms with Gasteiger partial charge in [-0.05, 0) is 6.07 Å². The number of para-hydroxylation sites is 2. The SMILES string of the molecule is CN(CC(=O)O)C(=O)CN(C)c1ccccc1[N+](=O)[O-]. The molecule has 0 saturated heterocycles. The maximum atomic E-state index is 11.8. The van der Waals surface area contributed by atoms with Crippen LogP contribution in [-0.2, 0) is 9.59 Å². The molecular weight excluding hydrogens is 266 g/mol. The number of likely N-dealkylation sites (N-methyl/N-ethyl adjacent to an activating group) is 2. The highest BCUT2D eigenvalue weighted by Crippen LogP contribution is 2.26. The molecule has 0 atom stereocenters. The standard InChI is InChI=1S/C12H15N3O5/c1-13(7-11(16)14(2)8-12(17)18)9-5-3-4-6-10(9)15(19)20/h3-6H,7-8H2,1-2H3,(H,17,18). The fourth-order valence-corrected chi connectivity index (χ4v) is 1.64. The molecule has 0 spiro atoms. The van der Waals surface area contributed by atoms with Gasteiger partial charge in [0.25, 0.3) is 5.69 Å². The van der Waals surface area contributed by atoms with Gasteiger partial charge in [-0.15, -0.1) is 0 Å². The van der Waals surface area contributed by atoms with Crippen molar-refractivity contribution in [1.29, 1.82) is 0 Å². The molecule has 0 aromatic heterocycles. The fourth-order valence-electron chi connectivity index (χ4n) is 1.64. The number of hydrogen-bond acceptors (Lipinski definition) is 5. The minimum Gasteiger partial charge on any atom is -0.480 e. The lowest BCUT2D eigenvalue weighted by atomic mass is 10.2. The van der Waals surface area contributed by atoms with Crippen LogP contribution in [-0.4, -0.2) is 54.0 Å². The van der Waals surface area contributed by atoms with E-state index in [0.29, 0.717) is 5.69 Å². The molecule has 8 nitrogen and oxygen atoms in total. The summed E-state index contributed by atoms with van der Waals surface area (Å²) >= 11 is 0. The minimum absolute atomic E-state index is 0.108. The predicted octanol–water partition coefficient (Wildman–Crippen LogP) is 0.574. The molecule has 1 amide bonds. The normalized spacial score (nSPS) is 9.90. The number of carbonyl (C=O) groups excluding carboxylic acids is 1. The Balaban J connectivity index is 2.81. The van der Waals surface area contributed by atoms with Gasteiger partial charge in [-0.25, -0.2) is 0 Å². The van der Waals surface area contributed by atoms with Crippen LogP contribution >= 0.6 is 0 Å². The van der Waals surface area contributed by atoms with Crippen LogP contribution in [0.4, 0.5) is 11.4 Å². The van der Waals surface area contributed by atoms with Gasteiger partial charge in [-0.2, -0.15) is 0 Å². The van der Waals surface area contributed by atoms with Gasteiger partial charge in [0, 0.05) is 20.2 Å². The van der Waals surface area contributed by atoms with Crippen molar-refractivity contribution in [2.45, 2.75) is 0 Å². The highest BCUT2D eigenvalue weighted by molar-refractivity contribution is 5.85. The highest BCUT2D eigenvalue weighted by Gasteiger charge is 2.20. The van der Waals surface area contributed by atoms with Gasteiger partial charge in [0.2, 0.25) is 5.91 Å². The molecule has 0 aliphatic rings. The molecule has 20 heavy (non-hydrogen) atoms. The number of nitro benzene ring substituents is 1. The summed E-state index contributed by atoms with van der Waals surface area (Å²) in [4.78, 5) is 35.1. The van der Waals surface area contributed by atoms with Crippen LogP contribution in [0.5, 0.6) is 0 Å². The van der Waals surface area contributed by atoms with Crippen molar-refractivity contribution in [3.05, 3.63) is 34.4 Å². The zero-order valence-corrected chi connectivity index (χ0v) is 11.1. The van der Waals surface area contributed by atoms with Crippen molar-refractivity contribution in [3.8, 4) is 0 Å². The van der Waals surface area contributed by atoms with Crippen molar-refractivity contribution >= 4 is 23.3 Å². The van der Waals surface area contributed by atoms with E-state index in [1.807, 2.05) is 0 Å². The second-order valence-corrected chi connectivity index (χ2v) is 4.25. The van der Waals surface area contributed by atoms with Gasteiger partial charge in [0.05, 0.1) is 11.5 Å². The molecule has 0 aliphatic heterocycles. The van der Waals surface area contributed by atoms with Crippen molar-refractivity contribution in [1.82, 2.24) is 4.90 Å². The van der Waals surface area contributed by atoms with Gasteiger partial charge >= 0.3 is 5.97 Å². The number of carboxylic acid groups (broad SMARTS) is 1. The Bertz CT molecular complexity index is 532. The molecular formula is C12H15N3O5. The summed E-state index contributed by atoms with van der Waals surface area (Å²) in [6.45, 7) is -0.557. The summed E-state index contributed by atoms with van der Waals surface area (Å²) in [5.74, 6) is -1.55. The zero-order chi connectivity index (χ0) is 15.3. The van der Waals surface area contributed by atoms with Crippen LogP contribution in [0.15, 0.2) is 24.3 Å². The van der Waals surface area contributed by atoms with Gasteiger partial charge in [0.15, 0.2) is 0 Å². The highest BCUT2D eigenvalue weighted by atomic mass is 16.6. The molecule has 0 radical (unpaired) electrons.